The lowest BCUT2D eigenvalue weighted by Crippen LogP contribution is -2.14. The highest BCUT2D eigenvalue weighted by Gasteiger charge is 2.15. The summed E-state index contributed by atoms with van der Waals surface area (Å²) in [6, 6.07) is 11.4. The number of hydrogen-bond donors (Lipinski definition) is 0. The number of benzene rings is 2. The molecule has 0 saturated carbocycles. The maximum absolute atomic E-state index is 5.67. The normalized spacial score (nSPS) is 13.4. The number of thiophene rings is 1. The largest absolute Gasteiger partial charge is 0.494 e. The number of ether oxygens (including phenoxy) is 1. The summed E-state index contributed by atoms with van der Waals surface area (Å²) in [6.45, 7) is 7.48. The molecule has 0 amide bonds. The molecule has 4 heteroatoms. The summed E-state index contributed by atoms with van der Waals surface area (Å²) in [6.07, 6.45) is 7.89. The predicted molar refractivity (Wildman–Crippen MR) is 138 cm³/mol. The minimum Gasteiger partial charge on any atom is -0.494 e. The minimum atomic E-state index is 0.829. The summed E-state index contributed by atoms with van der Waals surface area (Å²) < 4.78 is 5.67. The van der Waals surface area contributed by atoms with Gasteiger partial charge in [0, 0.05) is 24.9 Å². The fourth-order valence-electron chi connectivity index (χ4n) is 4.40. The molecule has 0 radical (unpaired) electrons. The molecule has 3 nitrogen and oxygen atoms in total. The van der Waals surface area contributed by atoms with E-state index in [-0.39, 0.29) is 0 Å². The average Bonchev–Trinajstić information content (AvgIpc) is 3.18. The first-order valence-corrected chi connectivity index (χ1v) is 12.5. The quantitative estimate of drug-likeness (QED) is 0.285. The van der Waals surface area contributed by atoms with E-state index in [2.05, 4.69) is 66.4 Å². The maximum atomic E-state index is 5.67. The Labute approximate surface area is 196 Å². The van der Waals surface area contributed by atoms with E-state index < -0.39 is 0 Å². The van der Waals surface area contributed by atoms with E-state index in [1.807, 2.05) is 24.7 Å². The van der Waals surface area contributed by atoms with Gasteiger partial charge in [0.05, 0.1) is 13.4 Å². The molecule has 2 aromatic carbocycles. The van der Waals surface area contributed by atoms with Crippen LogP contribution in [-0.2, 0) is 19.3 Å². The van der Waals surface area contributed by atoms with Gasteiger partial charge in [-0.05, 0) is 103 Å². The van der Waals surface area contributed by atoms with Crippen LogP contribution in [0, 0.1) is 13.8 Å². The zero-order valence-corrected chi connectivity index (χ0v) is 20.8. The summed E-state index contributed by atoms with van der Waals surface area (Å²) in [5, 5.41) is 2.33. The third-order valence-corrected chi connectivity index (χ3v) is 7.77. The summed E-state index contributed by atoms with van der Waals surface area (Å²) in [5.41, 5.74) is 10.7. The van der Waals surface area contributed by atoms with E-state index in [9.17, 15) is 0 Å². The van der Waals surface area contributed by atoms with Gasteiger partial charge >= 0.3 is 0 Å². The zero-order chi connectivity index (χ0) is 22.7. The first kappa shape index (κ1) is 22.6. The van der Waals surface area contributed by atoms with Gasteiger partial charge in [0.25, 0.3) is 0 Å². The van der Waals surface area contributed by atoms with Gasteiger partial charge in [0.1, 0.15) is 11.4 Å². The van der Waals surface area contributed by atoms with E-state index in [1.165, 1.54) is 58.4 Å². The Morgan fingerprint density at radius 2 is 1.88 bits per heavy atom. The van der Waals surface area contributed by atoms with Crippen molar-refractivity contribution >= 4 is 23.4 Å². The van der Waals surface area contributed by atoms with Crippen molar-refractivity contribution in [2.75, 3.05) is 20.7 Å². The molecule has 1 aliphatic carbocycles. The van der Waals surface area contributed by atoms with Gasteiger partial charge in [0.15, 0.2) is 0 Å². The van der Waals surface area contributed by atoms with Crippen molar-refractivity contribution in [1.29, 1.82) is 0 Å². The lowest BCUT2D eigenvalue weighted by molar-refractivity contribution is 0.415. The second-order valence-corrected chi connectivity index (χ2v) is 9.80. The predicted octanol–water partition coefficient (Wildman–Crippen LogP) is 7.12. The second kappa shape index (κ2) is 9.91. The molecular formula is C28H34N2OS. The fourth-order valence-corrected chi connectivity index (χ4v) is 5.50. The summed E-state index contributed by atoms with van der Waals surface area (Å²) >= 11 is 1.87. The Morgan fingerprint density at radius 1 is 1.09 bits per heavy atom. The molecule has 0 N–H and O–H groups in total. The van der Waals surface area contributed by atoms with E-state index in [0.717, 1.165) is 24.4 Å². The number of aliphatic imine (C=N–C) groups is 1. The van der Waals surface area contributed by atoms with Crippen molar-refractivity contribution in [3.8, 4) is 16.9 Å². The van der Waals surface area contributed by atoms with Crippen molar-refractivity contribution < 1.29 is 4.74 Å². The van der Waals surface area contributed by atoms with Crippen LogP contribution >= 0.6 is 11.3 Å². The van der Waals surface area contributed by atoms with Gasteiger partial charge in [-0.1, -0.05) is 18.2 Å². The van der Waals surface area contributed by atoms with Crippen LogP contribution in [0.25, 0.3) is 11.1 Å². The molecule has 4 rings (SSSR count). The van der Waals surface area contributed by atoms with Gasteiger partial charge in [-0.2, -0.15) is 0 Å². The lowest BCUT2D eigenvalue weighted by Gasteiger charge is -2.16. The Kier molecular flexibility index (Phi) is 7.00. The van der Waals surface area contributed by atoms with Crippen molar-refractivity contribution in [3.05, 3.63) is 68.4 Å². The molecule has 0 atom stereocenters. The third-order valence-electron chi connectivity index (χ3n) is 6.68. The molecule has 0 unspecified atom stereocenters. The molecule has 3 aromatic rings. The van der Waals surface area contributed by atoms with Crippen LogP contribution in [0.1, 0.15) is 52.5 Å². The van der Waals surface area contributed by atoms with Crippen LogP contribution < -0.4 is 4.74 Å². The highest BCUT2D eigenvalue weighted by molar-refractivity contribution is 7.10. The maximum Gasteiger partial charge on any atom is 0.144 e. The highest BCUT2D eigenvalue weighted by atomic mass is 32.1. The summed E-state index contributed by atoms with van der Waals surface area (Å²) in [7, 11) is 3.75. The second-order valence-electron chi connectivity index (χ2n) is 8.83. The van der Waals surface area contributed by atoms with E-state index in [0.29, 0.717) is 0 Å². The van der Waals surface area contributed by atoms with Crippen LogP contribution in [0.3, 0.4) is 0 Å². The van der Waals surface area contributed by atoms with E-state index >= 15 is 0 Å². The molecule has 0 aliphatic heterocycles. The lowest BCUT2D eigenvalue weighted by atomic mass is 9.89. The first-order valence-electron chi connectivity index (χ1n) is 11.6. The van der Waals surface area contributed by atoms with Crippen LogP contribution in [0.2, 0.25) is 0 Å². The minimum absolute atomic E-state index is 0.829. The Bertz CT molecular complexity index is 1130. The zero-order valence-electron chi connectivity index (χ0n) is 20.0. The Balaban J connectivity index is 1.60. The standard InChI is InChI=1S/C28H34N2OS/c1-6-30(4)18-29-26-13-19(2)24(15-27(26)31-5)16-28-20(3)25(17-32-28)23-12-11-21-9-7-8-10-22(21)14-23/h11-15,17-18H,6-10,16H2,1-5H3. The Morgan fingerprint density at radius 3 is 2.62 bits per heavy atom. The van der Waals surface area contributed by atoms with Gasteiger partial charge in [0.2, 0.25) is 0 Å². The fraction of sp³-hybridized carbons (Fsp3) is 0.393. The van der Waals surface area contributed by atoms with Crippen molar-refractivity contribution in [2.24, 2.45) is 4.99 Å². The SMILES string of the molecule is CCN(C)C=Nc1cc(C)c(Cc2scc(-c3ccc4c(c3)CCCC4)c2C)cc1OC. The highest BCUT2D eigenvalue weighted by Crippen LogP contribution is 2.37. The number of aryl methyl sites for hydroxylation is 3. The first-order chi connectivity index (χ1) is 15.5. The molecule has 1 aromatic heterocycles. The van der Waals surface area contributed by atoms with Crippen LogP contribution in [-0.4, -0.2) is 31.9 Å². The van der Waals surface area contributed by atoms with Gasteiger partial charge < -0.3 is 9.64 Å². The molecular weight excluding hydrogens is 412 g/mol. The van der Waals surface area contributed by atoms with Crippen LogP contribution in [0.5, 0.6) is 5.75 Å². The van der Waals surface area contributed by atoms with Crippen molar-refractivity contribution in [2.45, 2.75) is 52.9 Å². The molecule has 1 aliphatic rings. The van der Waals surface area contributed by atoms with Gasteiger partial charge in [-0.15, -0.1) is 11.3 Å². The number of fused-ring (bicyclic) bond motifs is 1. The molecule has 0 spiro atoms. The topological polar surface area (TPSA) is 24.8 Å². The molecule has 0 bridgehead atoms. The van der Waals surface area contributed by atoms with Crippen LogP contribution in [0.15, 0.2) is 40.7 Å². The number of hydrogen-bond acceptors (Lipinski definition) is 3. The summed E-state index contributed by atoms with van der Waals surface area (Å²) in [4.78, 5) is 8.11. The van der Waals surface area contributed by atoms with Crippen molar-refractivity contribution in [1.82, 2.24) is 4.90 Å². The number of nitrogens with zero attached hydrogens (tertiary/aromatic N) is 2. The molecule has 32 heavy (non-hydrogen) atoms. The van der Waals surface area contributed by atoms with E-state index in [4.69, 9.17) is 4.74 Å². The van der Waals surface area contributed by atoms with Gasteiger partial charge in [-0.3, -0.25) is 0 Å². The van der Waals surface area contributed by atoms with Gasteiger partial charge in [-0.25, -0.2) is 4.99 Å². The monoisotopic (exact) mass is 446 g/mol. The molecule has 1 heterocycles. The summed E-state index contributed by atoms with van der Waals surface area (Å²) in [5.74, 6) is 0.829. The third kappa shape index (κ3) is 4.75. The van der Waals surface area contributed by atoms with Crippen LogP contribution in [0.4, 0.5) is 5.69 Å². The molecule has 0 fully saturated rings. The Hall–Kier alpha value is -2.59. The van der Waals surface area contributed by atoms with E-state index in [1.54, 1.807) is 18.2 Å². The smallest absolute Gasteiger partial charge is 0.144 e. The number of methoxy groups -OCH3 is 1. The molecule has 0 saturated heterocycles. The molecule has 168 valence electrons. The van der Waals surface area contributed by atoms with Crippen molar-refractivity contribution in [3.63, 3.8) is 0 Å². The number of rotatable bonds is 7. The average molecular weight is 447 g/mol.